The van der Waals surface area contributed by atoms with E-state index in [2.05, 4.69) is 33.8 Å². The molecule has 0 amide bonds. The van der Waals surface area contributed by atoms with Crippen LogP contribution in [0.25, 0.3) is 5.69 Å². The van der Waals surface area contributed by atoms with E-state index in [4.69, 9.17) is 0 Å². The summed E-state index contributed by atoms with van der Waals surface area (Å²) in [4.78, 5) is 12.0. The molecular weight excluding hydrogens is 282 g/mol. The van der Waals surface area contributed by atoms with Crippen LogP contribution in [0.3, 0.4) is 0 Å². The van der Waals surface area contributed by atoms with E-state index in [-0.39, 0.29) is 5.25 Å². The Balaban J connectivity index is 1.94. The fourth-order valence-electron chi connectivity index (χ4n) is 2.71. The van der Waals surface area contributed by atoms with Crippen molar-refractivity contribution in [3.05, 3.63) is 35.7 Å². The quantitative estimate of drug-likeness (QED) is 0.870. The third-order valence-electron chi connectivity index (χ3n) is 3.90. The minimum atomic E-state index is 0.0325. The number of carbonyl (C=O) groups is 1. The van der Waals surface area contributed by atoms with Gasteiger partial charge in [0.05, 0.1) is 10.9 Å². The molecule has 1 aromatic heterocycles. The van der Waals surface area contributed by atoms with Gasteiger partial charge in [-0.3, -0.25) is 9.36 Å². The van der Waals surface area contributed by atoms with Gasteiger partial charge in [-0.05, 0) is 38.3 Å². The molecule has 4 nitrogen and oxygen atoms in total. The molecule has 1 aliphatic carbocycles. The highest BCUT2D eigenvalue weighted by Crippen LogP contribution is 2.32. The van der Waals surface area contributed by atoms with Gasteiger partial charge in [-0.25, -0.2) is 0 Å². The first-order chi connectivity index (χ1) is 10.2. The second-order valence-electron chi connectivity index (χ2n) is 5.47. The SMILES string of the molecule is Cc1ccccc1-n1c(C)nnc1SC1CCCCC1=O. The molecule has 21 heavy (non-hydrogen) atoms. The Kier molecular flexibility index (Phi) is 4.10. The van der Waals surface area contributed by atoms with Gasteiger partial charge in [-0.2, -0.15) is 0 Å². The van der Waals surface area contributed by atoms with Crippen molar-refractivity contribution in [1.82, 2.24) is 14.8 Å². The second kappa shape index (κ2) is 6.02. The number of rotatable bonds is 3. The van der Waals surface area contributed by atoms with E-state index < -0.39 is 0 Å². The van der Waals surface area contributed by atoms with Crippen LogP contribution >= 0.6 is 11.8 Å². The summed E-state index contributed by atoms with van der Waals surface area (Å²) in [6, 6.07) is 8.19. The Bertz CT molecular complexity index is 665. The van der Waals surface area contributed by atoms with Crippen LogP contribution in [0.1, 0.15) is 37.1 Å². The number of para-hydroxylation sites is 1. The van der Waals surface area contributed by atoms with Gasteiger partial charge in [0.2, 0.25) is 0 Å². The predicted octanol–water partition coefficient (Wildman–Crippen LogP) is 3.49. The maximum atomic E-state index is 12.0. The molecule has 110 valence electrons. The van der Waals surface area contributed by atoms with Crippen molar-refractivity contribution in [3.8, 4) is 5.69 Å². The number of Topliss-reactive ketones (excluding diaryl/α,β-unsaturated/α-hetero) is 1. The zero-order valence-electron chi connectivity index (χ0n) is 12.4. The molecule has 1 aromatic carbocycles. The highest BCUT2D eigenvalue weighted by Gasteiger charge is 2.26. The minimum absolute atomic E-state index is 0.0325. The van der Waals surface area contributed by atoms with Crippen molar-refractivity contribution >= 4 is 17.5 Å². The van der Waals surface area contributed by atoms with E-state index >= 15 is 0 Å². The fraction of sp³-hybridized carbons (Fsp3) is 0.438. The summed E-state index contributed by atoms with van der Waals surface area (Å²) in [6.07, 6.45) is 3.80. The molecule has 0 saturated heterocycles. The predicted molar refractivity (Wildman–Crippen MR) is 84.0 cm³/mol. The maximum Gasteiger partial charge on any atom is 0.196 e. The topological polar surface area (TPSA) is 47.8 Å². The highest BCUT2D eigenvalue weighted by molar-refractivity contribution is 8.00. The smallest absolute Gasteiger partial charge is 0.196 e. The summed E-state index contributed by atoms with van der Waals surface area (Å²) < 4.78 is 2.06. The van der Waals surface area contributed by atoms with Crippen LogP contribution < -0.4 is 0 Å². The minimum Gasteiger partial charge on any atom is -0.298 e. The first-order valence-electron chi connectivity index (χ1n) is 7.34. The van der Waals surface area contributed by atoms with Gasteiger partial charge >= 0.3 is 0 Å². The molecule has 2 aromatic rings. The zero-order chi connectivity index (χ0) is 14.8. The summed E-state index contributed by atoms with van der Waals surface area (Å²) in [6.45, 7) is 4.03. The van der Waals surface area contributed by atoms with Gasteiger partial charge in [0.25, 0.3) is 0 Å². The number of aromatic nitrogens is 3. The molecule has 3 rings (SSSR count). The summed E-state index contributed by atoms with van der Waals surface area (Å²) >= 11 is 1.56. The van der Waals surface area contributed by atoms with Gasteiger partial charge in [0, 0.05) is 6.42 Å². The van der Waals surface area contributed by atoms with Crippen LogP contribution in [-0.4, -0.2) is 25.8 Å². The lowest BCUT2D eigenvalue weighted by Crippen LogP contribution is -2.21. The molecule has 0 bridgehead atoms. The molecule has 1 aliphatic rings. The van der Waals surface area contributed by atoms with Crippen LogP contribution in [0, 0.1) is 13.8 Å². The maximum absolute atomic E-state index is 12.0. The van der Waals surface area contributed by atoms with Crippen molar-refractivity contribution in [2.75, 3.05) is 0 Å². The lowest BCUT2D eigenvalue weighted by molar-refractivity contribution is -0.119. The largest absolute Gasteiger partial charge is 0.298 e. The zero-order valence-corrected chi connectivity index (χ0v) is 13.2. The molecular formula is C16H19N3OS. The van der Waals surface area contributed by atoms with E-state index in [0.29, 0.717) is 12.2 Å². The number of benzene rings is 1. The number of thioether (sulfide) groups is 1. The lowest BCUT2D eigenvalue weighted by Gasteiger charge is -2.20. The van der Waals surface area contributed by atoms with Gasteiger partial charge in [0.1, 0.15) is 11.6 Å². The molecule has 1 atom stereocenters. The van der Waals surface area contributed by atoms with E-state index in [0.717, 1.165) is 35.9 Å². The number of aryl methyl sites for hydroxylation is 2. The molecule has 0 aliphatic heterocycles. The van der Waals surface area contributed by atoms with Crippen LogP contribution in [0.15, 0.2) is 29.4 Å². The molecule has 5 heteroatoms. The summed E-state index contributed by atoms with van der Waals surface area (Å²) in [5.41, 5.74) is 2.27. The number of hydrogen-bond acceptors (Lipinski definition) is 4. The first-order valence-corrected chi connectivity index (χ1v) is 8.22. The fourth-order valence-corrected chi connectivity index (χ4v) is 3.93. The van der Waals surface area contributed by atoms with E-state index in [9.17, 15) is 4.79 Å². The average molecular weight is 301 g/mol. The molecule has 1 saturated carbocycles. The highest BCUT2D eigenvalue weighted by atomic mass is 32.2. The van der Waals surface area contributed by atoms with Crippen molar-refractivity contribution in [3.63, 3.8) is 0 Å². The molecule has 0 radical (unpaired) electrons. The van der Waals surface area contributed by atoms with E-state index in [1.54, 1.807) is 11.8 Å². The van der Waals surface area contributed by atoms with Crippen LogP contribution in [0.4, 0.5) is 0 Å². The molecule has 1 fully saturated rings. The Hall–Kier alpha value is -1.62. The van der Waals surface area contributed by atoms with Gasteiger partial charge < -0.3 is 0 Å². The average Bonchev–Trinajstić information content (AvgIpc) is 2.83. The lowest BCUT2D eigenvalue weighted by atomic mass is 9.99. The van der Waals surface area contributed by atoms with Crippen LogP contribution in [0.5, 0.6) is 0 Å². The number of hydrogen-bond donors (Lipinski definition) is 0. The van der Waals surface area contributed by atoms with E-state index in [1.807, 2.05) is 19.1 Å². The Morgan fingerprint density at radius 2 is 2.00 bits per heavy atom. The van der Waals surface area contributed by atoms with Crippen molar-refractivity contribution in [2.24, 2.45) is 0 Å². The molecule has 1 unspecified atom stereocenters. The third kappa shape index (κ3) is 2.88. The van der Waals surface area contributed by atoms with Crippen molar-refractivity contribution < 1.29 is 4.79 Å². The van der Waals surface area contributed by atoms with Gasteiger partial charge in [-0.15, -0.1) is 10.2 Å². The third-order valence-corrected chi connectivity index (χ3v) is 5.16. The van der Waals surface area contributed by atoms with Crippen molar-refractivity contribution in [2.45, 2.75) is 49.9 Å². The number of nitrogens with zero attached hydrogens (tertiary/aromatic N) is 3. The Morgan fingerprint density at radius 3 is 2.76 bits per heavy atom. The standard InChI is InChI=1S/C16H19N3OS/c1-11-7-3-4-8-13(11)19-12(2)17-18-16(19)21-15-10-6-5-9-14(15)20/h3-4,7-8,15H,5-6,9-10H2,1-2H3. The summed E-state index contributed by atoms with van der Waals surface area (Å²) in [7, 11) is 0. The van der Waals surface area contributed by atoms with Crippen LogP contribution in [-0.2, 0) is 4.79 Å². The van der Waals surface area contributed by atoms with Crippen LogP contribution in [0.2, 0.25) is 0 Å². The van der Waals surface area contributed by atoms with Gasteiger partial charge in [-0.1, -0.05) is 36.4 Å². The monoisotopic (exact) mass is 301 g/mol. The molecule has 0 spiro atoms. The van der Waals surface area contributed by atoms with Gasteiger partial charge in [0.15, 0.2) is 5.16 Å². The molecule has 1 heterocycles. The Morgan fingerprint density at radius 1 is 1.19 bits per heavy atom. The normalized spacial score (nSPS) is 19.0. The first kappa shape index (κ1) is 14.3. The number of ketones is 1. The Labute approximate surface area is 129 Å². The summed E-state index contributed by atoms with van der Waals surface area (Å²) in [5.74, 6) is 1.21. The second-order valence-corrected chi connectivity index (χ2v) is 6.64. The summed E-state index contributed by atoms with van der Waals surface area (Å²) in [5, 5.41) is 9.34. The van der Waals surface area contributed by atoms with Crippen molar-refractivity contribution in [1.29, 1.82) is 0 Å². The molecule has 0 N–H and O–H groups in total. The van der Waals surface area contributed by atoms with E-state index in [1.165, 1.54) is 5.56 Å². The number of carbonyl (C=O) groups excluding carboxylic acids is 1.